The van der Waals surface area contributed by atoms with Crippen molar-refractivity contribution in [2.75, 3.05) is 4.90 Å². The molecular formula is C56H57NO8. The largest absolute Gasteiger partial charge is 0.465 e. The number of nitrogens with zero attached hydrogens (tertiary/aromatic N) is 1. The van der Waals surface area contributed by atoms with E-state index in [9.17, 15) is 20.4 Å². The summed E-state index contributed by atoms with van der Waals surface area (Å²) in [5.74, 6) is 2.39. The molecule has 334 valence electrons. The zero-order chi connectivity index (χ0) is 45.7. The SMILES string of the molecule is CCC(O)Oc1ccc(C(=Cc2ccc(N(c3ccc(-c4ccc(OC(O)CC)cc4)cc3)c3ccc(-c4ccc(OC(O)CC)cc4)cc3)cc2)c2ccc(OC(O)CC)cc2)cc1. The van der Waals surface area contributed by atoms with Gasteiger partial charge in [0.15, 0.2) is 25.2 Å². The third-order valence-electron chi connectivity index (χ3n) is 10.9. The van der Waals surface area contributed by atoms with Crippen LogP contribution in [0.4, 0.5) is 17.1 Å². The van der Waals surface area contributed by atoms with Crippen LogP contribution in [0.5, 0.6) is 23.0 Å². The summed E-state index contributed by atoms with van der Waals surface area (Å²) in [7, 11) is 0. The first-order valence-corrected chi connectivity index (χ1v) is 22.3. The van der Waals surface area contributed by atoms with Crippen LogP contribution >= 0.6 is 0 Å². The van der Waals surface area contributed by atoms with E-state index < -0.39 is 25.2 Å². The summed E-state index contributed by atoms with van der Waals surface area (Å²) < 4.78 is 22.5. The first-order valence-electron chi connectivity index (χ1n) is 22.3. The highest BCUT2D eigenvalue weighted by molar-refractivity contribution is 5.92. The molecule has 7 rings (SSSR count). The molecule has 0 fully saturated rings. The molecule has 0 saturated heterocycles. The molecule has 0 spiro atoms. The lowest BCUT2D eigenvalue weighted by Gasteiger charge is -2.26. The predicted octanol–water partition coefficient (Wildman–Crippen LogP) is 12.5. The van der Waals surface area contributed by atoms with Crippen LogP contribution in [0.2, 0.25) is 0 Å². The molecule has 7 aromatic rings. The van der Waals surface area contributed by atoms with Gasteiger partial charge in [0.2, 0.25) is 0 Å². The summed E-state index contributed by atoms with van der Waals surface area (Å²) >= 11 is 0. The van der Waals surface area contributed by atoms with Crippen molar-refractivity contribution in [3.05, 3.63) is 187 Å². The molecule has 0 radical (unpaired) electrons. The summed E-state index contributed by atoms with van der Waals surface area (Å²) in [6.45, 7) is 7.47. The number of aliphatic hydroxyl groups is 4. The van der Waals surface area contributed by atoms with Crippen LogP contribution in [0, 0.1) is 0 Å². The molecule has 0 bridgehead atoms. The zero-order valence-corrected chi connectivity index (χ0v) is 37.3. The van der Waals surface area contributed by atoms with Crippen LogP contribution in [-0.2, 0) is 0 Å². The summed E-state index contributed by atoms with van der Waals surface area (Å²) in [5.41, 5.74) is 10.9. The Morgan fingerprint density at radius 1 is 0.369 bits per heavy atom. The Labute approximate surface area is 382 Å². The molecule has 0 aliphatic carbocycles. The molecule has 0 amide bonds. The van der Waals surface area contributed by atoms with Gasteiger partial charge in [0, 0.05) is 42.7 Å². The fourth-order valence-electron chi connectivity index (χ4n) is 7.11. The Morgan fingerprint density at radius 2 is 0.615 bits per heavy atom. The fourth-order valence-corrected chi connectivity index (χ4v) is 7.11. The van der Waals surface area contributed by atoms with E-state index in [1.165, 1.54) is 0 Å². The lowest BCUT2D eigenvalue weighted by Crippen LogP contribution is -2.13. The van der Waals surface area contributed by atoms with Crippen LogP contribution in [0.3, 0.4) is 0 Å². The number of hydrogen-bond acceptors (Lipinski definition) is 9. The van der Waals surface area contributed by atoms with Gasteiger partial charge in [-0.25, -0.2) is 0 Å². The Bertz CT molecular complexity index is 2400. The maximum atomic E-state index is 10.1. The molecule has 9 nitrogen and oxygen atoms in total. The van der Waals surface area contributed by atoms with Crippen LogP contribution in [0.25, 0.3) is 33.9 Å². The van der Waals surface area contributed by atoms with E-state index in [0.29, 0.717) is 48.7 Å². The first-order chi connectivity index (χ1) is 31.6. The molecular weight excluding hydrogens is 815 g/mol. The number of ether oxygens (including phenoxy) is 4. The molecule has 0 aliphatic rings. The summed E-state index contributed by atoms with van der Waals surface area (Å²) in [6.07, 6.45) is 0.667. The Kier molecular flexibility index (Phi) is 15.7. The van der Waals surface area contributed by atoms with Gasteiger partial charge >= 0.3 is 0 Å². The van der Waals surface area contributed by atoms with Crippen molar-refractivity contribution in [3.8, 4) is 45.3 Å². The minimum atomic E-state index is -0.880. The van der Waals surface area contributed by atoms with E-state index in [0.717, 1.165) is 61.6 Å². The molecule has 0 aromatic heterocycles. The maximum Gasteiger partial charge on any atom is 0.197 e. The Morgan fingerprint density at radius 3 is 0.892 bits per heavy atom. The molecule has 0 heterocycles. The second-order valence-electron chi connectivity index (χ2n) is 15.6. The molecule has 4 unspecified atom stereocenters. The second kappa shape index (κ2) is 22.2. The van der Waals surface area contributed by atoms with Gasteiger partial charge in [0.25, 0.3) is 0 Å². The molecule has 4 atom stereocenters. The molecule has 0 saturated carbocycles. The van der Waals surface area contributed by atoms with Gasteiger partial charge in [0.05, 0.1) is 0 Å². The first kappa shape index (κ1) is 46.1. The van der Waals surface area contributed by atoms with Gasteiger partial charge in [-0.3, -0.25) is 0 Å². The fraction of sp³-hybridized carbons (Fsp3) is 0.214. The Hall–Kier alpha value is -6.88. The molecule has 4 N–H and O–H groups in total. The third-order valence-corrected chi connectivity index (χ3v) is 10.9. The van der Waals surface area contributed by atoms with Crippen molar-refractivity contribution in [2.24, 2.45) is 0 Å². The van der Waals surface area contributed by atoms with Crippen molar-refractivity contribution >= 4 is 28.7 Å². The van der Waals surface area contributed by atoms with Gasteiger partial charge in [-0.1, -0.05) is 113 Å². The van der Waals surface area contributed by atoms with E-state index in [1.807, 2.05) is 125 Å². The van der Waals surface area contributed by atoms with Gasteiger partial charge in [-0.15, -0.1) is 0 Å². The van der Waals surface area contributed by atoms with E-state index in [2.05, 4.69) is 83.8 Å². The molecule has 0 aliphatic heterocycles. The normalized spacial score (nSPS) is 12.9. The quantitative estimate of drug-likeness (QED) is 0.0438. The monoisotopic (exact) mass is 871 g/mol. The maximum absolute atomic E-state index is 10.1. The lowest BCUT2D eigenvalue weighted by molar-refractivity contribution is -0.0196. The van der Waals surface area contributed by atoms with Crippen molar-refractivity contribution in [3.63, 3.8) is 0 Å². The van der Waals surface area contributed by atoms with Crippen molar-refractivity contribution in [2.45, 2.75) is 78.5 Å². The van der Waals surface area contributed by atoms with Gasteiger partial charge in [-0.05, 0) is 136 Å². The van der Waals surface area contributed by atoms with E-state index in [1.54, 1.807) is 0 Å². The van der Waals surface area contributed by atoms with Crippen LogP contribution in [0.1, 0.15) is 70.1 Å². The zero-order valence-electron chi connectivity index (χ0n) is 37.3. The lowest BCUT2D eigenvalue weighted by atomic mass is 9.95. The summed E-state index contributed by atoms with van der Waals surface area (Å²) in [6, 6.07) is 56.2. The van der Waals surface area contributed by atoms with Gasteiger partial charge in [-0.2, -0.15) is 0 Å². The molecule has 7 aromatic carbocycles. The van der Waals surface area contributed by atoms with E-state index in [4.69, 9.17) is 18.9 Å². The number of hydrogen-bond donors (Lipinski definition) is 4. The summed E-state index contributed by atoms with van der Waals surface area (Å²) in [5, 5.41) is 40.1. The van der Waals surface area contributed by atoms with Crippen molar-refractivity contribution in [1.82, 2.24) is 0 Å². The minimum Gasteiger partial charge on any atom is -0.465 e. The van der Waals surface area contributed by atoms with Crippen LogP contribution in [0.15, 0.2) is 170 Å². The minimum absolute atomic E-state index is 0.478. The summed E-state index contributed by atoms with van der Waals surface area (Å²) in [4.78, 5) is 2.22. The topological polar surface area (TPSA) is 121 Å². The average Bonchev–Trinajstić information content (AvgIpc) is 3.35. The van der Waals surface area contributed by atoms with Crippen LogP contribution < -0.4 is 23.8 Å². The number of benzene rings is 7. The van der Waals surface area contributed by atoms with E-state index in [-0.39, 0.29) is 0 Å². The third kappa shape index (κ3) is 12.2. The van der Waals surface area contributed by atoms with Crippen LogP contribution in [-0.4, -0.2) is 45.6 Å². The highest BCUT2D eigenvalue weighted by Crippen LogP contribution is 2.38. The number of anilines is 3. The molecule has 65 heavy (non-hydrogen) atoms. The average molecular weight is 872 g/mol. The number of aliphatic hydroxyl groups excluding tert-OH is 4. The molecule has 9 heteroatoms. The highest BCUT2D eigenvalue weighted by Gasteiger charge is 2.16. The van der Waals surface area contributed by atoms with Crippen molar-refractivity contribution < 1.29 is 39.4 Å². The van der Waals surface area contributed by atoms with Gasteiger partial charge in [0.1, 0.15) is 23.0 Å². The van der Waals surface area contributed by atoms with E-state index >= 15 is 0 Å². The smallest absolute Gasteiger partial charge is 0.197 e. The van der Waals surface area contributed by atoms with Crippen molar-refractivity contribution in [1.29, 1.82) is 0 Å². The number of rotatable bonds is 20. The van der Waals surface area contributed by atoms with Gasteiger partial charge < -0.3 is 44.3 Å². The Balaban J connectivity index is 1.22. The standard InChI is InChI=1S/C56H57NO8/c1-5-53(58)62-48-29-15-41(16-30-48)39-11-25-46(26-12-39)57(47-27-13-40(14-28-47)42-17-31-49(32-18-42)63-54(59)6-2)45-23-9-38(10-24-45)37-52(43-19-33-50(34-20-43)64-55(60)7-3)44-21-35-51(36-22-44)65-56(61)8-4/h9-37,53-56,58-61H,5-8H2,1-4H3. The second-order valence-corrected chi connectivity index (χ2v) is 15.6. The predicted molar refractivity (Wildman–Crippen MR) is 260 cm³/mol. The highest BCUT2D eigenvalue weighted by atomic mass is 16.6.